The van der Waals surface area contributed by atoms with Crippen LogP contribution in [0.2, 0.25) is 5.02 Å². The molecular weight excluding hydrogens is 376 g/mol. The average molecular weight is 389 g/mol. The highest BCUT2D eigenvalue weighted by Gasteiger charge is 2.14. The van der Waals surface area contributed by atoms with E-state index in [1.54, 1.807) is 18.2 Å². The van der Waals surface area contributed by atoms with Crippen molar-refractivity contribution in [3.63, 3.8) is 0 Å². The topological polar surface area (TPSA) is 115 Å². The Morgan fingerprint density at radius 1 is 1.22 bits per heavy atom. The first kappa shape index (κ1) is 18.3. The fourth-order valence-electron chi connectivity index (χ4n) is 2.22. The van der Waals surface area contributed by atoms with Crippen LogP contribution in [-0.4, -0.2) is 15.9 Å². The number of non-ortho nitro benzene ring substituents is 1. The van der Waals surface area contributed by atoms with E-state index in [1.807, 2.05) is 0 Å². The molecule has 0 radical (unpaired) electrons. The highest BCUT2D eigenvalue weighted by Crippen LogP contribution is 2.29. The first-order valence-corrected chi connectivity index (χ1v) is 8.06. The maximum Gasteiger partial charge on any atom is 0.291 e. The van der Waals surface area contributed by atoms with Gasteiger partial charge in [0.15, 0.2) is 5.76 Å². The third-order valence-electron chi connectivity index (χ3n) is 3.49. The zero-order valence-electron chi connectivity index (χ0n) is 13.7. The van der Waals surface area contributed by atoms with Crippen LogP contribution in [0.25, 0.3) is 0 Å². The number of nitro benzene ring substituents is 1. The van der Waals surface area contributed by atoms with Crippen molar-refractivity contribution in [2.75, 3.05) is 5.32 Å². The molecule has 0 bridgehead atoms. The van der Waals surface area contributed by atoms with Crippen molar-refractivity contribution in [1.82, 2.24) is 0 Å². The fourth-order valence-corrected chi connectivity index (χ4v) is 2.39. The maximum atomic E-state index is 12.2. The molecule has 1 amide bonds. The fraction of sp³-hybridized carbons (Fsp3) is 0.0556. The Labute approximate surface area is 158 Å². The van der Waals surface area contributed by atoms with Gasteiger partial charge >= 0.3 is 0 Å². The first-order chi connectivity index (χ1) is 12.9. The zero-order valence-corrected chi connectivity index (χ0v) is 14.5. The number of benzene rings is 2. The summed E-state index contributed by atoms with van der Waals surface area (Å²) in [6.45, 7) is -0.0692. The zero-order chi connectivity index (χ0) is 19.4. The largest absolute Gasteiger partial charge is 0.508 e. The van der Waals surface area contributed by atoms with Crippen molar-refractivity contribution in [3.05, 3.63) is 81.3 Å². The Hall–Kier alpha value is -3.52. The van der Waals surface area contributed by atoms with Gasteiger partial charge in [0.2, 0.25) is 0 Å². The second-order valence-corrected chi connectivity index (χ2v) is 5.84. The molecule has 8 nitrogen and oxygen atoms in total. The summed E-state index contributed by atoms with van der Waals surface area (Å²) in [4.78, 5) is 22.4. The first-order valence-electron chi connectivity index (χ1n) is 7.68. The lowest BCUT2D eigenvalue weighted by atomic mass is 10.3. The van der Waals surface area contributed by atoms with Gasteiger partial charge in [-0.2, -0.15) is 0 Å². The van der Waals surface area contributed by atoms with Crippen LogP contribution in [-0.2, 0) is 6.61 Å². The molecule has 0 aliphatic rings. The Kier molecular flexibility index (Phi) is 5.28. The van der Waals surface area contributed by atoms with Crippen LogP contribution in [0.5, 0.6) is 11.5 Å². The third-order valence-corrected chi connectivity index (χ3v) is 3.80. The van der Waals surface area contributed by atoms with Crippen LogP contribution < -0.4 is 10.1 Å². The minimum atomic E-state index is -0.556. The minimum absolute atomic E-state index is 0.0233. The van der Waals surface area contributed by atoms with Crippen molar-refractivity contribution in [2.45, 2.75) is 6.61 Å². The number of phenolic OH excluding ortho intramolecular Hbond substituents is 1. The van der Waals surface area contributed by atoms with Crippen molar-refractivity contribution < 1.29 is 24.0 Å². The average Bonchev–Trinajstić information content (AvgIpc) is 3.10. The molecule has 0 saturated heterocycles. The number of nitrogens with zero attached hydrogens (tertiary/aromatic N) is 1. The molecule has 0 saturated carbocycles. The number of rotatable bonds is 6. The van der Waals surface area contributed by atoms with Crippen LogP contribution in [0.15, 0.2) is 59.0 Å². The molecule has 0 unspecified atom stereocenters. The van der Waals surface area contributed by atoms with E-state index in [-0.39, 0.29) is 34.6 Å². The lowest BCUT2D eigenvalue weighted by molar-refractivity contribution is -0.384. The molecule has 1 heterocycles. The number of phenols is 1. The van der Waals surface area contributed by atoms with Crippen LogP contribution in [0.1, 0.15) is 16.3 Å². The van der Waals surface area contributed by atoms with Crippen molar-refractivity contribution in [1.29, 1.82) is 0 Å². The molecule has 0 fully saturated rings. The maximum absolute atomic E-state index is 12.2. The number of nitro groups is 1. The normalized spacial score (nSPS) is 10.4. The summed E-state index contributed by atoms with van der Waals surface area (Å²) in [6, 6.07) is 12.9. The van der Waals surface area contributed by atoms with Gasteiger partial charge in [-0.3, -0.25) is 14.9 Å². The number of ether oxygens (including phenoxy) is 1. The van der Waals surface area contributed by atoms with Gasteiger partial charge in [-0.1, -0.05) is 17.7 Å². The van der Waals surface area contributed by atoms with E-state index in [0.717, 1.165) is 0 Å². The summed E-state index contributed by atoms with van der Waals surface area (Å²) >= 11 is 5.96. The number of hydrogen-bond acceptors (Lipinski definition) is 6. The van der Waals surface area contributed by atoms with Crippen molar-refractivity contribution in [2.24, 2.45) is 0 Å². The predicted molar refractivity (Wildman–Crippen MR) is 97.2 cm³/mol. The number of aromatic hydroxyl groups is 1. The van der Waals surface area contributed by atoms with Gasteiger partial charge in [0, 0.05) is 17.8 Å². The molecule has 9 heteroatoms. The molecule has 0 spiro atoms. The monoisotopic (exact) mass is 388 g/mol. The number of halogens is 1. The lowest BCUT2D eigenvalue weighted by Gasteiger charge is -2.06. The van der Waals surface area contributed by atoms with Crippen molar-refractivity contribution in [3.8, 4) is 11.5 Å². The molecule has 3 aromatic rings. The summed E-state index contributed by atoms with van der Waals surface area (Å²) in [5.41, 5.74) is 0.262. The van der Waals surface area contributed by atoms with Gasteiger partial charge in [0.25, 0.3) is 11.6 Å². The lowest BCUT2D eigenvalue weighted by Crippen LogP contribution is -2.10. The molecule has 2 N–H and O–H groups in total. The summed E-state index contributed by atoms with van der Waals surface area (Å²) in [6.07, 6.45) is 0. The minimum Gasteiger partial charge on any atom is -0.508 e. The summed E-state index contributed by atoms with van der Waals surface area (Å²) in [5, 5.41) is 23.0. The summed E-state index contributed by atoms with van der Waals surface area (Å²) in [7, 11) is 0. The van der Waals surface area contributed by atoms with E-state index >= 15 is 0 Å². The smallest absolute Gasteiger partial charge is 0.291 e. The number of furan rings is 1. The molecular formula is C18H13ClN2O6. The molecule has 27 heavy (non-hydrogen) atoms. The third kappa shape index (κ3) is 4.56. The SMILES string of the molecule is O=C(Nc1cccc(O)c1)c1ccc(COc2cc([N+](=O)[O-])ccc2Cl)o1. The predicted octanol–water partition coefficient (Wildman–Crippen LogP) is 4.38. The second-order valence-electron chi connectivity index (χ2n) is 5.43. The number of amides is 1. The Morgan fingerprint density at radius 3 is 2.78 bits per heavy atom. The second kappa shape index (κ2) is 7.79. The van der Waals surface area contributed by atoms with Crippen LogP contribution in [0, 0.1) is 10.1 Å². The van der Waals surface area contributed by atoms with E-state index in [4.69, 9.17) is 20.8 Å². The van der Waals surface area contributed by atoms with Crippen LogP contribution in [0.3, 0.4) is 0 Å². The molecule has 138 valence electrons. The van der Waals surface area contributed by atoms with E-state index < -0.39 is 10.8 Å². The van der Waals surface area contributed by atoms with Crippen molar-refractivity contribution >= 4 is 28.9 Å². The molecule has 0 aliphatic heterocycles. The van der Waals surface area contributed by atoms with E-state index in [0.29, 0.717) is 11.4 Å². The van der Waals surface area contributed by atoms with E-state index in [1.165, 1.54) is 36.4 Å². The standard InChI is InChI=1S/C18H13ClN2O6/c19-15-6-4-12(21(24)25)9-17(15)26-10-14-5-7-16(27-14)18(23)20-11-2-1-3-13(22)8-11/h1-9,22H,10H2,(H,20,23). The van der Waals surface area contributed by atoms with E-state index in [9.17, 15) is 20.0 Å². The Bertz CT molecular complexity index is 1000. The highest BCUT2D eigenvalue weighted by atomic mass is 35.5. The number of nitrogens with one attached hydrogen (secondary N) is 1. The Morgan fingerprint density at radius 2 is 2.04 bits per heavy atom. The number of carbonyl (C=O) groups is 1. The van der Waals surface area contributed by atoms with Gasteiger partial charge in [-0.05, 0) is 30.3 Å². The molecule has 0 aliphatic carbocycles. The van der Waals surface area contributed by atoms with Gasteiger partial charge in [-0.15, -0.1) is 0 Å². The van der Waals surface area contributed by atoms with E-state index in [2.05, 4.69) is 5.32 Å². The Balaban J connectivity index is 1.65. The quantitative estimate of drug-likeness (QED) is 0.478. The molecule has 3 rings (SSSR count). The number of anilines is 1. The van der Waals surface area contributed by atoms with Crippen LogP contribution >= 0.6 is 11.6 Å². The highest BCUT2D eigenvalue weighted by molar-refractivity contribution is 6.32. The summed E-state index contributed by atoms with van der Waals surface area (Å²) < 4.78 is 10.9. The number of hydrogen-bond donors (Lipinski definition) is 2. The molecule has 0 atom stereocenters. The molecule has 2 aromatic carbocycles. The molecule has 1 aromatic heterocycles. The van der Waals surface area contributed by atoms with Gasteiger partial charge < -0.3 is 19.6 Å². The van der Waals surface area contributed by atoms with Gasteiger partial charge in [0.05, 0.1) is 16.0 Å². The van der Waals surface area contributed by atoms with Gasteiger partial charge in [-0.25, -0.2) is 0 Å². The van der Waals surface area contributed by atoms with Gasteiger partial charge in [0.1, 0.15) is 23.9 Å². The summed E-state index contributed by atoms with van der Waals surface area (Å²) in [5.74, 6) is 0.0316. The van der Waals surface area contributed by atoms with Crippen LogP contribution in [0.4, 0.5) is 11.4 Å². The number of carbonyl (C=O) groups excluding carboxylic acids is 1.